The highest BCUT2D eigenvalue weighted by atomic mass is 127. The van der Waals surface area contributed by atoms with Gasteiger partial charge in [-0.2, -0.15) is 0 Å². The van der Waals surface area contributed by atoms with Crippen LogP contribution in [0, 0.1) is 5.82 Å². The molecule has 0 saturated carbocycles. The van der Waals surface area contributed by atoms with Gasteiger partial charge in [0, 0.05) is 39.4 Å². The molecule has 3 rings (SSSR count). The van der Waals surface area contributed by atoms with E-state index in [1.165, 1.54) is 0 Å². The van der Waals surface area contributed by atoms with E-state index in [9.17, 15) is 4.39 Å². The number of pyridine rings is 1. The predicted molar refractivity (Wildman–Crippen MR) is 94.4 cm³/mol. The molecule has 0 aromatic carbocycles. The number of halogens is 2. The molecule has 0 unspecified atom stereocenters. The molecule has 0 amide bonds. The Hall–Kier alpha value is -1.16. The first-order valence-corrected chi connectivity index (χ1v) is 7.20. The summed E-state index contributed by atoms with van der Waals surface area (Å²) in [5.41, 5.74) is 0.813. The summed E-state index contributed by atoms with van der Waals surface area (Å²) in [6.45, 7) is 4.86. The molecule has 3 heterocycles. The molecule has 1 aromatic heterocycles. The van der Waals surface area contributed by atoms with Gasteiger partial charge in [0.05, 0.1) is 19.8 Å². The van der Waals surface area contributed by atoms with Gasteiger partial charge in [-0.15, -0.1) is 24.0 Å². The van der Waals surface area contributed by atoms with Gasteiger partial charge in [0.1, 0.15) is 0 Å². The third-order valence-corrected chi connectivity index (χ3v) is 3.70. The largest absolute Gasteiger partial charge is 0.378 e. The van der Waals surface area contributed by atoms with Crippen LogP contribution in [0.25, 0.3) is 0 Å². The maximum atomic E-state index is 14.2. The Balaban J connectivity index is 0.00000176. The number of ether oxygens (including phenoxy) is 1. The topological polar surface area (TPSA) is 53.0 Å². The minimum Gasteiger partial charge on any atom is -0.378 e. The molecule has 22 heavy (non-hydrogen) atoms. The van der Waals surface area contributed by atoms with Crippen LogP contribution in [0.15, 0.2) is 17.3 Å². The van der Waals surface area contributed by atoms with Crippen molar-refractivity contribution in [3.8, 4) is 0 Å². The normalized spacial score (nSPS) is 18.0. The van der Waals surface area contributed by atoms with E-state index in [1.54, 1.807) is 12.3 Å². The maximum absolute atomic E-state index is 14.2. The van der Waals surface area contributed by atoms with E-state index < -0.39 is 0 Å². The Bertz CT molecular complexity index is 536. The molecule has 2 aliphatic heterocycles. The average molecular weight is 421 g/mol. The van der Waals surface area contributed by atoms with E-state index in [0.29, 0.717) is 38.7 Å². The van der Waals surface area contributed by atoms with Gasteiger partial charge in [0.25, 0.3) is 0 Å². The maximum Gasteiger partial charge on any atom is 0.194 e. The Morgan fingerprint density at radius 1 is 1.32 bits per heavy atom. The van der Waals surface area contributed by atoms with Crippen LogP contribution in [0.3, 0.4) is 0 Å². The molecule has 1 fully saturated rings. The summed E-state index contributed by atoms with van der Waals surface area (Å²) in [6, 6.07) is 1.54. The van der Waals surface area contributed by atoms with Crippen molar-refractivity contribution in [2.75, 3.05) is 51.3 Å². The second-order valence-corrected chi connectivity index (χ2v) is 5.23. The van der Waals surface area contributed by atoms with Gasteiger partial charge in [-0.1, -0.05) is 0 Å². The zero-order chi connectivity index (χ0) is 14.7. The third-order valence-electron chi connectivity index (χ3n) is 3.70. The van der Waals surface area contributed by atoms with Gasteiger partial charge < -0.3 is 19.9 Å². The van der Waals surface area contributed by atoms with Crippen molar-refractivity contribution in [3.63, 3.8) is 0 Å². The second-order valence-electron chi connectivity index (χ2n) is 5.23. The summed E-state index contributed by atoms with van der Waals surface area (Å²) >= 11 is 0. The molecule has 0 atom stereocenters. The minimum atomic E-state index is -0.280. The summed E-state index contributed by atoms with van der Waals surface area (Å²) < 4.78 is 19.5. The predicted octanol–water partition coefficient (Wildman–Crippen LogP) is 1.07. The lowest BCUT2D eigenvalue weighted by molar-refractivity contribution is 0.122. The molecule has 0 spiro atoms. The number of guanidine groups is 1. The standard InChI is InChI=1S/C14H20FN5O.HI/c1-19-3-2-16-14(19)18-10-11-8-12(15)13(17-9-11)20-4-6-21-7-5-20;/h8-9H,2-7,10H2,1H3,(H,16,18);1H. The monoisotopic (exact) mass is 421 g/mol. The number of hydrogen-bond donors (Lipinski definition) is 1. The van der Waals surface area contributed by atoms with Crippen molar-refractivity contribution in [1.29, 1.82) is 0 Å². The van der Waals surface area contributed by atoms with Crippen molar-refractivity contribution < 1.29 is 9.13 Å². The van der Waals surface area contributed by atoms with Crippen LogP contribution in [0.4, 0.5) is 10.2 Å². The lowest BCUT2D eigenvalue weighted by Crippen LogP contribution is -2.37. The van der Waals surface area contributed by atoms with Crippen molar-refractivity contribution in [2.45, 2.75) is 6.54 Å². The Morgan fingerprint density at radius 2 is 2.09 bits per heavy atom. The highest BCUT2D eigenvalue weighted by Crippen LogP contribution is 2.18. The molecule has 8 heteroatoms. The Morgan fingerprint density at radius 3 is 2.73 bits per heavy atom. The number of anilines is 1. The Kier molecular flexibility index (Phi) is 6.18. The van der Waals surface area contributed by atoms with E-state index >= 15 is 0 Å². The molecular weight excluding hydrogens is 400 g/mol. The number of aromatic nitrogens is 1. The zero-order valence-electron chi connectivity index (χ0n) is 12.6. The summed E-state index contributed by atoms with van der Waals surface area (Å²) in [4.78, 5) is 12.6. The average Bonchev–Trinajstić information content (AvgIpc) is 2.91. The molecule has 0 radical (unpaired) electrons. The fourth-order valence-corrected chi connectivity index (χ4v) is 2.48. The van der Waals surface area contributed by atoms with E-state index in [4.69, 9.17) is 4.74 Å². The van der Waals surface area contributed by atoms with Crippen LogP contribution in [-0.4, -0.2) is 62.3 Å². The minimum absolute atomic E-state index is 0. The summed E-state index contributed by atoms with van der Waals surface area (Å²) in [5, 5.41) is 3.21. The molecule has 122 valence electrons. The molecule has 0 aliphatic carbocycles. The van der Waals surface area contributed by atoms with Gasteiger partial charge in [-0.3, -0.25) is 4.99 Å². The first-order chi connectivity index (χ1) is 10.2. The van der Waals surface area contributed by atoms with Crippen molar-refractivity contribution in [1.82, 2.24) is 15.2 Å². The highest BCUT2D eigenvalue weighted by Gasteiger charge is 2.17. The van der Waals surface area contributed by atoms with Crippen LogP contribution in [0.1, 0.15) is 5.56 Å². The van der Waals surface area contributed by atoms with Gasteiger partial charge in [-0.25, -0.2) is 9.37 Å². The van der Waals surface area contributed by atoms with Crippen LogP contribution >= 0.6 is 24.0 Å². The fraction of sp³-hybridized carbons (Fsp3) is 0.571. The molecule has 1 saturated heterocycles. The number of morpholine rings is 1. The molecule has 6 nitrogen and oxygen atoms in total. The summed E-state index contributed by atoms with van der Waals surface area (Å²) in [7, 11) is 1.99. The summed E-state index contributed by atoms with van der Waals surface area (Å²) in [5.74, 6) is 0.989. The van der Waals surface area contributed by atoms with Gasteiger partial charge in [-0.05, 0) is 11.6 Å². The quantitative estimate of drug-likeness (QED) is 0.741. The SMILES string of the molecule is CN1CCN=C1NCc1cnc(N2CCOCC2)c(F)c1.I. The fourth-order valence-electron chi connectivity index (χ4n) is 2.48. The van der Waals surface area contributed by atoms with Crippen LogP contribution < -0.4 is 10.2 Å². The molecule has 1 aromatic rings. The molecule has 2 aliphatic rings. The van der Waals surface area contributed by atoms with Crippen molar-refractivity contribution in [2.24, 2.45) is 4.99 Å². The van der Waals surface area contributed by atoms with E-state index in [-0.39, 0.29) is 29.8 Å². The van der Waals surface area contributed by atoms with Crippen LogP contribution in [0.5, 0.6) is 0 Å². The van der Waals surface area contributed by atoms with Crippen molar-refractivity contribution in [3.05, 3.63) is 23.6 Å². The first kappa shape index (κ1) is 17.2. The number of rotatable bonds is 3. The number of aliphatic imine (C=N–C) groups is 1. The lowest BCUT2D eigenvalue weighted by atomic mass is 10.2. The van der Waals surface area contributed by atoms with E-state index in [2.05, 4.69) is 15.3 Å². The number of hydrogen-bond acceptors (Lipinski definition) is 6. The van der Waals surface area contributed by atoms with Gasteiger partial charge in [0.15, 0.2) is 17.6 Å². The van der Waals surface area contributed by atoms with Crippen LogP contribution in [0.2, 0.25) is 0 Å². The zero-order valence-corrected chi connectivity index (χ0v) is 14.9. The van der Waals surface area contributed by atoms with Crippen LogP contribution in [-0.2, 0) is 11.3 Å². The van der Waals surface area contributed by atoms with Gasteiger partial charge >= 0.3 is 0 Å². The van der Waals surface area contributed by atoms with E-state index in [0.717, 1.165) is 24.6 Å². The first-order valence-electron chi connectivity index (χ1n) is 7.20. The lowest BCUT2D eigenvalue weighted by Gasteiger charge is -2.28. The highest BCUT2D eigenvalue weighted by molar-refractivity contribution is 14.0. The van der Waals surface area contributed by atoms with E-state index in [1.807, 2.05) is 16.8 Å². The molecule has 1 N–H and O–H groups in total. The Labute approximate surface area is 146 Å². The number of nitrogens with zero attached hydrogens (tertiary/aromatic N) is 4. The van der Waals surface area contributed by atoms with Gasteiger partial charge in [0.2, 0.25) is 0 Å². The molecule has 0 bridgehead atoms. The van der Waals surface area contributed by atoms with Crippen molar-refractivity contribution >= 4 is 35.8 Å². The third kappa shape index (κ3) is 3.97. The second kappa shape index (κ2) is 7.91. The number of nitrogens with one attached hydrogen (secondary N) is 1. The molecular formula is C14H21FIN5O. The number of likely N-dealkylation sites (N-methyl/N-ethyl adjacent to an activating group) is 1. The summed E-state index contributed by atoms with van der Waals surface area (Å²) in [6.07, 6.45) is 1.72. The smallest absolute Gasteiger partial charge is 0.194 e.